The number of likely N-dealkylation sites (N-methyl/N-ethyl adjacent to an activating group) is 1. The Morgan fingerprint density at radius 1 is 1.32 bits per heavy atom. The van der Waals surface area contributed by atoms with Crippen LogP contribution in [-0.4, -0.2) is 13.0 Å². The number of hydrogen-bond donors (Lipinski definition) is 1. The van der Waals surface area contributed by atoms with Gasteiger partial charge in [-0.1, -0.05) is 25.1 Å². The largest absolute Gasteiger partial charge is 0.416 e. The molecule has 1 amide bonds. The maximum absolute atomic E-state index is 13.0. The Bertz CT molecular complexity index is 656. The number of halogens is 3. The highest BCUT2D eigenvalue weighted by Crippen LogP contribution is 2.35. The molecule has 0 radical (unpaired) electrons. The van der Waals surface area contributed by atoms with Crippen LogP contribution in [0.2, 0.25) is 0 Å². The van der Waals surface area contributed by atoms with Crippen molar-refractivity contribution in [2.75, 3.05) is 7.05 Å². The number of allylic oxidation sites excluding steroid dienone is 3. The van der Waals surface area contributed by atoms with Crippen molar-refractivity contribution in [2.24, 2.45) is 5.92 Å². The van der Waals surface area contributed by atoms with Crippen LogP contribution in [-0.2, 0) is 11.0 Å². The molecule has 1 N–H and O–H groups in total. The third-order valence-corrected chi connectivity index (χ3v) is 3.73. The number of amides is 1. The van der Waals surface area contributed by atoms with Crippen molar-refractivity contribution >= 4 is 11.5 Å². The SMILES string of the molecule is CNC(=O)C1=CC(c2ccc(C)c(C(F)(F)F)c2)=CC(C)C1. The number of rotatable bonds is 2. The molecule has 1 aromatic carbocycles. The summed E-state index contributed by atoms with van der Waals surface area (Å²) in [5, 5.41) is 2.56. The fourth-order valence-corrected chi connectivity index (χ4v) is 2.61. The van der Waals surface area contributed by atoms with Gasteiger partial charge in [0, 0.05) is 12.6 Å². The normalized spacial score (nSPS) is 18.5. The van der Waals surface area contributed by atoms with E-state index in [9.17, 15) is 18.0 Å². The Labute approximate surface area is 127 Å². The molecule has 0 saturated carbocycles. The van der Waals surface area contributed by atoms with E-state index in [2.05, 4.69) is 5.32 Å². The van der Waals surface area contributed by atoms with Crippen LogP contribution in [0.25, 0.3) is 5.57 Å². The topological polar surface area (TPSA) is 29.1 Å². The average Bonchev–Trinajstić information content (AvgIpc) is 2.45. The van der Waals surface area contributed by atoms with Gasteiger partial charge in [0.2, 0.25) is 5.91 Å². The molecule has 1 unspecified atom stereocenters. The number of nitrogens with one attached hydrogen (secondary N) is 1. The molecular formula is C17H18F3NO. The van der Waals surface area contributed by atoms with Gasteiger partial charge >= 0.3 is 6.18 Å². The molecule has 0 saturated heterocycles. The highest BCUT2D eigenvalue weighted by Gasteiger charge is 2.32. The maximum Gasteiger partial charge on any atom is 0.416 e. The van der Waals surface area contributed by atoms with E-state index in [1.807, 2.05) is 13.0 Å². The second-order valence-corrected chi connectivity index (χ2v) is 5.58. The van der Waals surface area contributed by atoms with Crippen molar-refractivity contribution in [3.8, 4) is 0 Å². The van der Waals surface area contributed by atoms with Crippen LogP contribution in [0.3, 0.4) is 0 Å². The van der Waals surface area contributed by atoms with E-state index in [4.69, 9.17) is 0 Å². The van der Waals surface area contributed by atoms with Crippen LogP contribution in [0, 0.1) is 12.8 Å². The predicted molar refractivity (Wildman–Crippen MR) is 80.1 cm³/mol. The number of alkyl halides is 3. The molecule has 0 heterocycles. The minimum atomic E-state index is -4.38. The Hall–Kier alpha value is -2.04. The standard InChI is InChI=1S/C17H18F3NO/c1-10-6-13(8-14(7-10)16(22)21-3)12-5-4-11(2)15(9-12)17(18,19)20/h4-6,8-10H,7H2,1-3H3,(H,21,22). The molecule has 0 spiro atoms. The number of carbonyl (C=O) groups is 1. The Morgan fingerprint density at radius 2 is 2.00 bits per heavy atom. The van der Waals surface area contributed by atoms with Gasteiger partial charge in [-0.3, -0.25) is 4.79 Å². The molecule has 1 aromatic rings. The Balaban J connectivity index is 2.47. The Kier molecular flexibility index (Phi) is 4.44. The van der Waals surface area contributed by atoms with Gasteiger partial charge in [-0.25, -0.2) is 0 Å². The van der Waals surface area contributed by atoms with Gasteiger partial charge in [-0.05, 0) is 48.1 Å². The van der Waals surface area contributed by atoms with Crippen LogP contribution >= 0.6 is 0 Å². The fourth-order valence-electron chi connectivity index (χ4n) is 2.61. The molecule has 1 aliphatic rings. The maximum atomic E-state index is 13.0. The van der Waals surface area contributed by atoms with Crippen LogP contribution < -0.4 is 5.32 Å². The second-order valence-electron chi connectivity index (χ2n) is 5.58. The van der Waals surface area contributed by atoms with Gasteiger partial charge < -0.3 is 5.32 Å². The van der Waals surface area contributed by atoms with Gasteiger partial charge in [0.05, 0.1) is 5.56 Å². The van der Waals surface area contributed by atoms with Gasteiger partial charge in [0.15, 0.2) is 0 Å². The minimum absolute atomic E-state index is 0.0999. The van der Waals surface area contributed by atoms with E-state index in [-0.39, 0.29) is 17.4 Å². The lowest BCUT2D eigenvalue weighted by Gasteiger charge is -2.19. The first-order chi connectivity index (χ1) is 10.2. The quantitative estimate of drug-likeness (QED) is 0.875. The number of aryl methyl sites for hydroxylation is 1. The molecule has 118 valence electrons. The zero-order chi connectivity index (χ0) is 16.5. The van der Waals surface area contributed by atoms with Crippen molar-refractivity contribution in [1.82, 2.24) is 5.32 Å². The van der Waals surface area contributed by atoms with E-state index < -0.39 is 11.7 Å². The molecule has 1 atom stereocenters. The van der Waals surface area contributed by atoms with Crippen molar-refractivity contribution in [1.29, 1.82) is 0 Å². The van der Waals surface area contributed by atoms with E-state index in [1.165, 1.54) is 13.0 Å². The summed E-state index contributed by atoms with van der Waals surface area (Å²) in [4.78, 5) is 11.8. The molecule has 0 aliphatic heterocycles. The first-order valence-corrected chi connectivity index (χ1v) is 7.05. The summed E-state index contributed by atoms with van der Waals surface area (Å²) in [6.07, 6.45) is -0.226. The van der Waals surface area contributed by atoms with Gasteiger partial charge in [0.1, 0.15) is 0 Å². The van der Waals surface area contributed by atoms with Crippen molar-refractivity contribution < 1.29 is 18.0 Å². The molecule has 2 nitrogen and oxygen atoms in total. The van der Waals surface area contributed by atoms with Crippen LogP contribution in [0.4, 0.5) is 13.2 Å². The second kappa shape index (κ2) is 5.99. The van der Waals surface area contributed by atoms with Gasteiger partial charge in [-0.15, -0.1) is 0 Å². The Morgan fingerprint density at radius 3 is 2.59 bits per heavy atom. The summed E-state index contributed by atoms with van der Waals surface area (Å²) >= 11 is 0. The first kappa shape index (κ1) is 16.3. The summed E-state index contributed by atoms with van der Waals surface area (Å²) in [5.41, 5.74) is 1.27. The fraction of sp³-hybridized carbons (Fsp3) is 0.353. The first-order valence-electron chi connectivity index (χ1n) is 7.05. The van der Waals surface area contributed by atoms with E-state index in [1.54, 1.807) is 19.2 Å². The van der Waals surface area contributed by atoms with Gasteiger partial charge in [-0.2, -0.15) is 13.2 Å². The number of benzene rings is 1. The van der Waals surface area contributed by atoms with E-state index >= 15 is 0 Å². The van der Waals surface area contributed by atoms with Crippen LogP contribution in [0.1, 0.15) is 30.0 Å². The summed E-state index contributed by atoms with van der Waals surface area (Å²) in [6.45, 7) is 3.38. The van der Waals surface area contributed by atoms with Crippen LogP contribution in [0.15, 0.2) is 35.9 Å². The molecule has 0 fully saturated rings. The third-order valence-electron chi connectivity index (χ3n) is 3.73. The lowest BCUT2D eigenvalue weighted by atomic mass is 9.87. The van der Waals surface area contributed by atoms with Crippen LogP contribution in [0.5, 0.6) is 0 Å². The summed E-state index contributed by atoms with van der Waals surface area (Å²) < 4.78 is 39.1. The molecule has 1 aliphatic carbocycles. The summed E-state index contributed by atoms with van der Waals surface area (Å²) in [5.74, 6) is -0.0939. The van der Waals surface area contributed by atoms with E-state index in [0.29, 0.717) is 23.1 Å². The molecular weight excluding hydrogens is 291 g/mol. The van der Waals surface area contributed by atoms with Crippen molar-refractivity contribution in [3.63, 3.8) is 0 Å². The lowest BCUT2D eigenvalue weighted by Crippen LogP contribution is -2.22. The zero-order valence-corrected chi connectivity index (χ0v) is 12.7. The summed E-state index contributed by atoms with van der Waals surface area (Å²) in [6, 6.07) is 4.27. The summed E-state index contributed by atoms with van der Waals surface area (Å²) in [7, 11) is 1.54. The minimum Gasteiger partial charge on any atom is -0.355 e. The van der Waals surface area contributed by atoms with Crippen molar-refractivity contribution in [2.45, 2.75) is 26.4 Å². The molecule has 2 rings (SSSR count). The van der Waals surface area contributed by atoms with E-state index in [0.717, 1.165) is 6.07 Å². The molecule has 0 aromatic heterocycles. The monoisotopic (exact) mass is 309 g/mol. The number of carbonyl (C=O) groups excluding carboxylic acids is 1. The molecule has 22 heavy (non-hydrogen) atoms. The predicted octanol–water partition coefficient (Wildman–Crippen LogP) is 4.11. The lowest BCUT2D eigenvalue weighted by molar-refractivity contribution is -0.138. The zero-order valence-electron chi connectivity index (χ0n) is 12.7. The number of hydrogen-bond acceptors (Lipinski definition) is 1. The highest BCUT2D eigenvalue weighted by atomic mass is 19.4. The average molecular weight is 309 g/mol. The molecule has 5 heteroatoms. The smallest absolute Gasteiger partial charge is 0.355 e. The highest BCUT2D eigenvalue weighted by molar-refractivity contribution is 5.97. The van der Waals surface area contributed by atoms with Crippen molar-refractivity contribution in [3.05, 3.63) is 52.6 Å². The third kappa shape index (κ3) is 3.40. The molecule has 0 bridgehead atoms. The van der Waals surface area contributed by atoms with Gasteiger partial charge in [0.25, 0.3) is 0 Å².